The van der Waals surface area contributed by atoms with Crippen LogP contribution in [0.15, 0.2) is 59.8 Å². The Hall–Kier alpha value is -3.95. The molecule has 0 fully saturated rings. The van der Waals surface area contributed by atoms with Gasteiger partial charge in [-0.05, 0) is 63.6 Å². The minimum Gasteiger partial charge on any atom is -0.495 e. The van der Waals surface area contributed by atoms with Gasteiger partial charge >= 0.3 is 0 Å². The number of carbonyl (C=O) groups is 2. The van der Waals surface area contributed by atoms with E-state index in [9.17, 15) is 14.4 Å². The number of halogens is 1. The van der Waals surface area contributed by atoms with Crippen LogP contribution in [0.3, 0.4) is 0 Å². The topological polar surface area (TPSA) is 104 Å². The zero-order valence-corrected chi connectivity index (χ0v) is 26.0. The van der Waals surface area contributed by atoms with E-state index in [0.717, 1.165) is 11.3 Å². The van der Waals surface area contributed by atoms with E-state index in [1.165, 1.54) is 30.0 Å². The molecule has 0 saturated heterocycles. The number of benzene rings is 1. The third-order valence-electron chi connectivity index (χ3n) is 6.57. The van der Waals surface area contributed by atoms with Crippen molar-refractivity contribution in [3.05, 3.63) is 87.2 Å². The molecule has 0 aliphatic carbocycles. The van der Waals surface area contributed by atoms with Gasteiger partial charge in [0.05, 0.1) is 24.6 Å². The molecule has 1 N–H and O–H groups in total. The lowest BCUT2D eigenvalue weighted by Gasteiger charge is -2.24. The molecule has 10 heteroatoms. The van der Waals surface area contributed by atoms with E-state index in [-0.39, 0.29) is 25.2 Å². The third-order valence-corrected chi connectivity index (χ3v) is 6.81. The summed E-state index contributed by atoms with van der Waals surface area (Å²) in [6, 6.07) is 5.33. The van der Waals surface area contributed by atoms with Gasteiger partial charge in [0.2, 0.25) is 5.91 Å². The molecule has 2 aromatic heterocycles. The van der Waals surface area contributed by atoms with Crippen molar-refractivity contribution in [1.29, 1.82) is 0 Å². The number of amides is 1. The van der Waals surface area contributed by atoms with E-state index >= 15 is 0 Å². The SMILES string of the molecule is C=C/C(=C\c1cn(C)nc1C)NC(=O)C(CCOC(C)(C)C)n1cc(OC)c(-c2cc(Cl)ccc2C(=O)CC)cc1=O. The Morgan fingerprint density at radius 1 is 1.19 bits per heavy atom. The molecule has 0 radical (unpaired) electrons. The van der Waals surface area contributed by atoms with Crippen molar-refractivity contribution in [2.75, 3.05) is 13.7 Å². The Labute approximate surface area is 251 Å². The minimum absolute atomic E-state index is 0.0999. The Kier molecular flexibility index (Phi) is 10.7. The summed E-state index contributed by atoms with van der Waals surface area (Å²) in [7, 11) is 3.28. The predicted molar refractivity (Wildman–Crippen MR) is 166 cm³/mol. The molecule has 0 bridgehead atoms. The highest BCUT2D eigenvalue weighted by atomic mass is 35.5. The largest absolute Gasteiger partial charge is 0.495 e. The summed E-state index contributed by atoms with van der Waals surface area (Å²) < 4.78 is 14.6. The van der Waals surface area contributed by atoms with Gasteiger partial charge in [0.1, 0.15) is 11.8 Å². The summed E-state index contributed by atoms with van der Waals surface area (Å²) in [5.74, 6) is -0.221. The summed E-state index contributed by atoms with van der Waals surface area (Å²) >= 11 is 6.28. The van der Waals surface area contributed by atoms with Crippen molar-refractivity contribution in [2.45, 2.75) is 59.1 Å². The van der Waals surface area contributed by atoms with Crippen molar-refractivity contribution in [1.82, 2.24) is 19.7 Å². The maximum atomic E-state index is 13.7. The molecule has 0 aliphatic rings. The number of methoxy groups -OCH3 is 1. The second-order valence-corrected chi connectivity index (χ2v) is 11.3. The molecule has 224 valence electrons. The van der Waals surface area contributed by atoms with Crippen LogP contribution in [-0.2, 0) is 16.6 Å². The molecular formula is C32H39ClN4O5. The molecule has 0 saturated carbocycles. The number of allylic oxidation sites excluding steroid dienone is 1. The number of hydrogen-bond acceptors (Lipinski definition) is 6. The van der Waals surface area contributed by atoms with Crippen LogP contribution in [0, 0.1) is 6.92 Å². The smallest absolute Gasteiger partial charge is 0.252 e. The number of nitrogens with one attached hydrogen (secondary N) is 1. The highest BCUT2D eigenvalue weighted by Crippen LogP contribution is 2.34. The van der Waals surface area contributed by atoms with E-state index in [0.29, 0.717) is 33.2 Å². The van der Waals surface area contributed by atoms with E-state index in [2.05, 4.69) is 17.0 Å². The molecule has 3 rings (SSSR count). The van der Waals surface area contributed by atoms with Gasteiger partial charge in [-0.2, -0.15) is 5.10 Å². The minimum atomic E-state index is -0.947. The number of nitrogens with zero attached hydrogens (tertiary/aromatic N) is 3. The van der Waals surface area contributed by atoms with Gasteiger partial charge in [0.25, 0.3) is 5.56 Å². The lowest BCUT2D eigenvalue weighted by atomic mass is 9.96. The maximum Gasteiger partial charge on any atom is 0.252 e. The summed E-state index contributed by atoms with van der Waals surface area (Å²) in [5, 5.41) is 7.64. The fourth-order valence-electron chi connectivity index (χ4n) is 4.49. The number of aryl methyl sites for hydroxylation is 2. The lowest BCUT2D eigenvalue weighted by Crippen LogP contribution is -2.37. The van der Waals surface area contributed by atoms with Crippen LogP contribution >= 0.6 is 11.6 Å². The molecule has 1 amide bonds. The first-order valence-electron chi connectivity index (χ1n) is 13.7. The van der Waals surface area contributed by atoms with Crippen LogP contribution in [0.5, 0.6) is 5.75 Å². The number of pyridine rings is 1. The summed E-state index contributed by atoms with van der Waals surface area (Å²) in [6.45, 7) is 13.4. The Morgan fingerprint density at radius 2 is 1.90 bits per heavy atom. The van der Waals surface area contributed by atoms with Gasteiger partial charge in [-0.15, -0.1) is 0 Å². The second-order valence-electron chi connectivity index (χ2n) is 10.9. The highest BCUT2D eigenvalue weighted by molar-refractivity contribution is 6.31. The molecule has 0 spiro atoms. The first-order chi connectivity index (χ1) is 19.8. The average Bonchev–Trinajstić information content (AvgIpc) is 3.25. The second kappa shape index (κ2) is 13.8. The molecule has 9 nitrogen and oxygen atoms in total. The van der Waals surface area contributed by atoms with Gasteiger partial charge in [0.15, 0.2) is 5.78 Å². The number of ether oxygens (including phenoxy) is 2. The Balaban J connectivity index is 2.09. The van der Waals surface area contributed by atoms with Gasteiger partial charge in [-0.1, -0.05) is 25.1 Å². The number of rotatable bonds is 12. The molecular weight excluding hydrogens is 556 g/mol. The standard InChI is InChI=1S/C32H39ClN4O5/c1-9-23(15-21-18-36(7)35-20(21)3)34-31(40)27(13-14-42-32(4,5)6)37-19-29(41-8)26(17-30(37)39)25-16-22(33)11-12-24(25)28(38)10-2/h9,11-12,15-19,27H,1,10,13-14H2,2-8H3,(H,34,40)/b23-15+. The molecule has 0 aliphatic heterocycles. The van der Waals surface area contributed by atoms with Crippen LogP contribution in [0.25, 0.3) is 17.2 Å². The first kappa shape index (κ1) is 32.6. The zero-order chi connectivity index (χ0) is 31.2. The Bertz CT molecular complexity index is 1560. The number of Topliss-reactive ketones (excluding diaryl/α,β-unsaturated/α-hetero) is 1. The van der Waals surface area contributed by atoms with Crippen LogP contribution in [0.2, 0.25) is 5.02 Å². The van der Waals surface area contributed by atoms with Crippen molar-refractivity contribution < 1.29 is 19.1 Å². The number of carbonyl (C=O) groups excluding carboxylic acids is 2. The van der Waals surface area contributed by atoms with Crippen LogP contribution < -0.4 is 15.6 Å². The molecule has 1 atom stereocenters. The summed E-state index contributed by atoms with van der Waals surface area (Å²) in [4.78, 5) is 40.1. The van der Waals surface area contributed by atoms with Crippen LogP contribution in [0.4, 0.5) is 0 Å². The molecule has 1 unspecified atom stereocenters. The van der Waals surface area contributed by atoms with Gasteiger partial charge in [0, 0.05) is 66.2 Å². The molecule has 1 aromatic carbocycles. The molecule has 42 heavy (non-hydrogen) atoms. The van der Waals surface area contributed by atoms with E-state index in [1.807, 2.05) is 40.9 Å². The van der Waals surface area contributed by atoms with Gasteiger partial charge < -0.3 is 14.8 Å². The number of aromatic nitrogens is 3. The predicted octanol–water partition coefficient (Wildman–Crippen LogP) is 5.90. The van der Waals surface area contributed by atoms with Crippen LogP contribution in [0.1, 0.15) is 68.2 Å². The maximum absolute atomic E-state index is 13.7. The fraction of sp³-hybridized carbons (Fsp3) is 0.375. The van der Waals surface area contributed by atoms with E-state index in [4.69, 9.17) is 21.1 Å². The van der Waals surface area contributed by atoms with Gasteiger partial charge in [-0.25, -0.2) is 0 Å². The third kappa shape index (κ3) is 8.08. The summed E-state index contributed by atoms with van der Waals surface area (Å²) in [5.41, 5.74) is 2.49. The van der Waals surface area contributed by atoms with E-state index < -0.39 is 23.1 Å². The van der Waals surface area contributed by atoms with Crippen LogP contribution in [-0.4, -0.2) is 45.4 Å². The highest BCUT2D eigenvalue weighted by Gasteiger charge is 2.26. The first-order valence-corrected chi connectivity index (χ1v) is 14.1. The molecule has 2 heterocycles. The van der Waals surface area contributed by atoms with Crippen molar-refractivity contribution in [3.63, 3.8) is 0 Å². The number of ketones is 1. The van der Waals surface area contributed by atoms with Gasteiger partial charge in [-0.3, -0.25) is 23.6 Å². The Morgan fingerprint density at radius 3 is 2.48 bits per heavy atom. The zero-order valence-electron chi connectivity index (χ0n) is 25.3. The van der Waals surface area contributed by atoms with Crippen molar-refractivity contribution >= 4 is 29.4 Å². The van der Waals surface area contributed by atoms with E-state index in [1.54, 1.807) is 35.9 Å². The average molecular weight is 595 g/mol. The van der Waals surface area contributed by atoms with Crippen molar-refractivity contribution in [2.24, 2.45) is 7.05 Å². The quantitative estimate of drug-likeness (QED) is 0.207. The lowest BCUT2D eigenvalue weighted by molar-refractivity contribution is -0.124. The number of hydrogen-bond donors (Lipinski definition) is 1. The normalized spacial score (nSPS) is 12.6. The monoisotopic (exact) mass is 594 g/mol. The molecule has 3 aromatic rings. The van der Waals surface area contributed by atoms with Crippen molar-refractivity contribution in [3.8, 4) is 16.9 Å². The fourth-order valence-corrected chi connectivity index (χ4v) is 4.66. The summed E-state index contributed by atoms with van der Waals surface area (Å²) in [6.07, 6.45) is 7.11.